The van der Waals surface area contributed by atoms with E-state index in [2.05, 4.69) is 27.9 Å². The van der Waals surface area contributed by atoms with Gasteiger partial charge >= 0.3 is 0 Å². The van der Waals surface area contributed by atoms with Gasteiger partial charge in [-0.1, -0.05) is 29.8 Å². The predicted molar refractivity (Wildman–Crippen MR) is 82.4 cm³/mol. The lowest BCUT2D eigenvalue weighted by atomic mass is 10.2. The summed E-state index contributed by atoms with van der Waals surface area (Å²) in [5.41, 5.74) is 8.67. The van der Waals surface area contributed by atoms with Crippen LogP contribution in [0.3, 0.4) is 0 Å². The van der Waals surface area contributed by atoms with Gasteiger partial charge in [-0.15, -0.1) is 0 Å². The van der Waals surface area contributed by atoms with Gasteiger partial charge < -0.3 is 11.1 Å². The number of anilines is 2. The lowest BCUT2D eigenvalue weighted by Crippen LogP contribution is -2.03. The van der Waals surface area contributed by atoms with Crippen LogP contribution < -0.4 is 11.1 Å². The SMILES string of the molecule is Nc1cc(I)ccc1NCc1ccccc1Cl. The van der Waals surface area contributed by atoms with E-state index in [9.17, 15) is 0 Å². The Kier molecular flexibility index (Phi) is 4.12. The first-order valence-electron chi connectivity index (χ1n) is 5.19. The summed E-state index contributed by atoms with van der Waals surface area (Å²) in [4.78, 5) is 0. The minimum absolute atomic E-state index is 0.671. The Morgan fingerprint density at radius 2 is 1.94 bits per heavy atom. The Bertz CT molecular complexity index is 529. The molecular formula is C13H12ClIN2. The molecule has 2 rings (SSSR count). The van der Waals surface area contributed by atoms with Crippen molar-refractivity contribution in [2.45, 2.75) is 6.54 Å². The molecule has 0 radical (unpaired) electrons. The monoisotopic (exact) mass is 358 g/mol. The summed E-state index contributed by atoms with van der Waals surface area (Å²) in [7, 11) is 0. The van der Waals surface area contributed by atoms with Crippen molar-refractivity contribution in [3.05, 3.63) is 56.6 Å². The topological polar surface area (TPSA) is 38.0 Å². The molecule has 0 fully saturated rings. The van der Waals surface area contributed by atoms with Crippen LogP contribution in [0.5, 0.6) is 0 Å². The van der Waals surface area contributed by atoms with Crippen LogP contribution in [0.1, 0.15) is 5.56 Å². The second-order valence-corrected chi connectivity index (χ2v) is 5.33. The van der Waals surface area contributed by atoms with Gasteiger partial charge in [-0.25, -0.2) is 0 Å². The van der Waals surface area contributed by atoms with Crippen molar-refractivity contribution in [3.63, 3.8) is 0 Å². The molecule has 2 aromatic carbocycles. The van der Waals surface area contributed by atoms with E-state index in [1.54, 1.807) is 0 Å². The maximum absolute atomic E-state index is 6.08. The van der Waals surface area contributed by atoms with Gasteiger partial charge in [0.05, 0.1) is 11.4 Å². The number of hydrogen-bond donors (Lipinski definition) is 2. The second-order valence-electron chi connectivity index (χ2n) is 3.68. The molecule has 17 heavy (non-hydrogen) atoms. The van der Waals surface area contributed by atoms with Crippen molar-refractivity contribution in [2.75, 3.05) is 11.1 Å². The lowest BCUT2D eigenvalue weighted by Gasteiger charge is -2.10. The summed E-state index contributed by atoms with van der Waals surface area (Å²) in [5.74, 6) is 0. The van der Waals surface area contributed by atoms with Crippen LogP contribution in [-0.4, -0.2) is 0 Å². The van der Waals surface area contributed by atoms with E-state index in [1.165, 1.54) is 0 Å². The molecule has 3 N–H and O–H groups in total. The van der Waals surface area contributed by atoms with Crippen molar-refractivity contribution >= 4 is 45.6 Å². The number of hydrogen-bond acceptors (Lipinski definition) is 2. The van der Waals surface area contributed by atoms with Gasteiger partial charge in [-0.3, -0.25) is 0 Å². The van der Waals surface area contributed by atoms with Gasteiger partial charge in [-0.05, 0) is 52.4 Å². The number of rotatable bonds is 3. The molecule has 4 heteroatoms. The van der Waals surface area contributed by atoms with Crippen LogP contribution in [0.4, 0.5) is 11.4 Å². The molecule has 0 atom stereocenters. The molecule has 0 saturated carbocycles. The third-order valence-corrected chi connectivity index (χ3v) is 3.48. The third kappa shape index (κ3) is 3.26. The van der Waals surface area contributed by atoms with Gasteiger partial charge in [0.1, 0.15) is 0 Å². The molecule has 88 valence electrons. The number of nitrogens with one attached hydrogen (secondary N) is 1. The highest BCUT2D eigenvalue weighted by molar-refractivity contribution is 14.1. The number of benzene rings is 2. The first-order chi connectivity index (χ1) is 8.16. The fourth-order valence-corrected chi connectivity index (χ4v) is 2.24. The van der Waals surface area contributed by atoms with Crippen molar-refractivity contribution in [3.8, 4) is 0 Å². The molecule has 0 bridgehead atoms. The highest BCUT2D eigenvalue weighted by Gasteiger charge is 2.01. The quantitative estimate of drug-likeness (QED) is 0.639. The van der Waals surface area contributed by atoms with Crippen LogP contribution in [0, 0.1) is 3.57 Å². The Hall–Kier alpha value is -0.940. The van der Waals surface area contributed by atoms with Crippen LogP contribution in [0.15, 0.2) is 42.5 Å². The van der Waals surface area contributed by atoms with Gasteiger partial charge in [0.15, 0.2) is 0 Å². The minimum Gasteiger partial charge on any atom is -0.397 e. The zero-order chi connectivity index (χ0) is 12.3. The molecule has 0 aromatic heterocycles. The molecule has 0 unspecified atom stereocenters. The van der Waals surface area contributed by atoms with E-state index < -0.39 is 0 Å². The lowest BCUT2D eigenvalue weighted by molar-refractivity contribution is 1.15. The maximum Gasteiger partial charge on any atom is 0.0577 e. The smallest absolute Gasteiger partial charge is 0.0577 e. The summed E-state index contributed by atoms with van der Waals surface area (Å²) in [5, 5.41) is 4.05. The zero-order valence-electron chi connectivity index (χ0n) is 9.08. The van der Waals surface area contributed by atoms with Gasteiger partial charge in [0.2, 0.25) is 0 Å². The van der Waals surface area contributed by atoms with Crippen molar-refractivity contribution in [1.82, 2.24) is 0 Å². The fourth-order valence-electron chi connectivity index (χ4n) is 1.53. The highest BCUT2D eigenvalue weighted by atomic mass is 127. The van der Waals surface area contributed by atoms with Gasteiger partial charge in [0, 0.05) is 15.1 Å². The average molecular weight is 359 g/mol. The first kappa shape index (κ1) is 12.5. The molecule has 2 aromatic rings. The van der Waals surface area contributed by atoms with E-state index >= 15 is 0 Å². The van der Waals surface area contributed by atoms with Crippen LogP contribution in [0.25, 0.3) is 0 Å². The average Bonchev–Trinajstić information content (AvgIpc) is 2.30. The molecule has 0 aliphatic carbocycles. The molecule has 0 heterocycles. The Labute approximate surface area is 119 Å². The Balaban J connectivity index is 2.10. The summed E-state index contributed by atoms with van der Waals surface area (Å²) in [6.07, 6.45) is 0. The zero-order valence-corrected chi connectivity index (χ0v) is 12.0. The van der Waals surface area contributed by atoms with Crippen molar-refractivity contribution in [2.24, 2.45) is 0 Å². The molecule has 0 aliphatic heterocycles. The van der Waals surface area contributed by atoms with Crippen LogP contribution in [-0.2, 0) is 6.54 Å². The predicted octanol–water partition coefficient (Wildman–Crippen LogP) is 4.14. The molecular weight excluding hydrogens is 347 g/mol. The number of nitrogens with two attached hydrogens (primary N) is 1. The highest BCUT2D eigenvalue weighted by Crippen LogP contribution is 2.23. The van der Waals surface area contributed by atoms with Gasteiger partial charge in [-0.2, -0.15) is 0 Å². The second kappa shape index (κ2) is 5.60. The van der Waals surface area contributed by atoms with E-state index in [0.29, 0.717) is 6.54 Å². The number of halogens is 2. The number of nitrogen functional groups attached to an aromatic ring is 1. The minimum atomic E-state index is 0.671. The molecule has 0 aliphatic rings. The fraction of sp³-hybridized carbons (Fsp3) is 0.0769. The molecule has 0 saturated heterocycles. The summed E-state index contributed by atoms with van der Waals surface area (Å²) in [6, 6.07) is 13.7. The van der Waals surface area contributed by atoms with Crippen LogP contribution in [0.2, 0.25) is 5.02 Å². The maximum atomic E-state index is 6.08. The summed E-state index contributed by atoms with van der Waals surface area (Å²) in [6.45, 7) is 0.671. The Morgan fingerprint density at radius 1 is 1.18 bits per heavy atom. The molecule has 2 nitrogen and oxygen atoms in total. The van der Waals surface area contributed by atoms with Gasteiger partial charge in [0.25, 0.3) is 0 Å². The van der Waals surface area contributed by atoms with Crippen LogP contribution >= 0.6 is 34.2 Å². The van der Waals surface area contributed by atoms with E-state index in [-0.39, 0.29) is 0 Å². The third-order valence-electron chi connectivity index (χ3n) is 2.44. The Morgan fingerprint density at radius 3 is 2.65 bits per heavy atom. The first-order valence-corrected chi connectivity index (χ1v) is 6.65. The summed E-state index contributed by atoms with van der Waals surface area (Å²) < 4.78 is 1.13. The molecule has 0 amide bonds. The van der Waals surface area contributed by atoms with Crippen molar-refractivity contribution < 1.29 is 0 Å². The summed E-state index contributed by atoms with van der Waals surface area (Å²) >= 11 is 8.32. The molecule has 0 spiro atoms. The standard InChI is InChI=1S/C13H12ClIN2/c14-11-4-2-1-3-9(11)8-17-13-6-5-10(15)7-12(13)16/h1-7,17H,8,16H2. The van der Waals surface area contributed by atoms with E-state index in [1.807, 2.05) is 42.5 Å². The largest absolute Gasteiger partial charge is 0.397 e. The van der Waals surface area contributed by atoms with Crippen molar-refractivity contribution in [1.29, 1.82) is 0 Å². The van der Waals surface area contributed by atoms with E-state index in [4.69, 9.17) is 17.3 Å². The van der Waals surface area contributed by atoms with E-state index in [0.717, 1.165) is 25.5 Å². The normalized spacial score (nSPS) is 10.2.